The fraction of sp³-hybridized carbons (Fsp3) is 0.190. The van der Waals surface area contributed by atoms with Crippen LogP contribution in [0.5, 0.6) is 0 Å². The van der Waals surface area contributed by atoms with E-state index in [1.165, 1.54) is 6.26 Å². The first-order chi connectivity index (χ1) is 13.7. The van der Waals surface area contributed by atoms with E-state index in [0.717, 1.165) is 24.2 Å². The lowest BCUT2D eigenvalue weighted by Gasteiger charge is -2.12. The van der Waals surface area contributed by atoms with Gasteiger partial charge in [-0.05, 0) is 42.0 Å². The van der Waals surface area contributed by atoms with Crippen molar-refractivity contribution in [3.63, 3.8) is 0 Å². The van der Waals surface area contributed by atoms with Crippen LogP contribution in [0.3, 0.4) is 0 Å². The van der Waals surface area contributed by atoms with Crippen molar-refractivity contribution in [1.29, 1.82) is 0 Å². The fourth-order valence-corrected chi connectivity index (χ4v) is 2.62. The third-order valence-corrected chi connectivity index (χ3v) is 4.01. The second kappa shape index (κ2) is 11.8. The average Bonchev–Trinajstić information content (AvgIpc) is 3.27. The van der Waals surface area contributed by atoms with Gasteiger partial charge in [0.25, 0.3) is 5.91 Å². The topological polar surface area (TPSA) is 91.5 Å². The molecular weight excluding hydrogens is 481 g/mol. The number of pyridine rings is 1. The second-order valence-corrected chi connectivity index (χ2v) is 6.06. The zero-order valence-electron chi connectivity index (χ0n) is 16.1. The lowest BCUT2D eigenvalue weighted by Crippen LogP contribution is -2.37. The number of benzene rings is 1. The number of anilines is 1. The van der Waals surface area contributed by atoms with Crippen molar-refractivity contribution in [2.75, 3.05) is 18.9 Å². The van der Waals surface area contributed by atoms with Gasteiger partial charge in [-0.15, -0.1) is 24.0 Å². The standard InChI is InChI=1S/C21H23N5O2.HI/c1-22-21(24-12-10-17-7-2-3-11-23-17)25-15-16-6-4-8-18(14-16)26-20(27)19-9-5-13-28-19;/h2-9,11,13-14H,10,12,15H2,1H3,(H,26,27)(H2,22,24,25);1H. The molecule has 0 atom stereocenters. The Balaban J connectivity index is 0.00000300. The van der Waals surface area contributed by atoms with Crippen molar-refractivity contribution in [2.24, 2.45) is 4.99 Å². The number of aromatic nitrogens is 1. The van der Waals surface area contributed by atoms with Crippen LogP contribution < -0.4 is 16.0 Å². The van der Waals surface area contributed by atoms with Gasteiger partial charge in [-0.25, -0.2) is 0 Å². The lowest BCUT2D eigenvalue weighted by molar-refractivity contribution is 0.0996. The van der Waals surface area contributed by atoms with Crippen LogP contribution in [-0.2, 0) is 13.0 Å². The van der Waals surface area contributed by atoms with E-state index in [1.54, 1.807) is 25.4 Å². The Morgan fingerprint density at radius 2 is 2.00 bits per heavy atom. The molecule has 29 heavy (non-hydrogen) atoms. The third-order valence-electron chi connectivity index (χ3n) is 4.01. The van der Waals surface area contributed by atoms with E-state index < -0.39 is 0 Å². The summed E-state index contributed by atoms with van der Waals surface area (Å²) in [6, 6.07) is 16.8. The van der Waals surface area contributed by atoms with Gasteiger partial charge in [0.2, 0.25) is 0 Å². The van der Waals surface area contributed by atoms with Crippen molar-refractivity contribution < 1.29 is 9.21 Å². The maximum atomic E-state index is 12.1. The van der Waals surface area contributed by atoms with Crippen LogP contribution >= 0.6 is 24.0 Å². The molecular formula is C21H24IN5O2. The summed E-state index contributed by atoms with van der Waals surface area (Å²) in [4.78, 5) is 20.6. The van der Waals surface area contributed by atoms with E-state index in [1.807, 2.05) is 42.5 Å². The summed E-state index contributed by atoms with van der Waals surface area (Å²) in [6.07, 6.45) is 4.08. The SMILES string of the molecule is CN=C(NCCc1ccccn1)NCc1cccc(NC(=O)c2ccco2)c1.I. The predicted molar refractivity (Wildman–Crippen MR) is 125 cm³/mol. The van der Waals surface area contributed by atoms with Crippen molar-refractivity contribution in [3.8, 4) is 0 Å². The highest BCUT2D eigenvalue weighted by Crippen LogP contribution is 2.12. The first kappa shape index (κ1) is 22.4. The first-order valence-electron chi connectivity index (χ1n) is 9.03. The van der Waals surface area contributed by atoms with E-state index in [2.05, 4.69) is 25.9 Å². The Morgan fingerprint density at radius 3 is 2.72 bits per heavy atom. The molecule has 0 saturated heterocycles. The minimum Gasteiger partial charge on any atom is -0.459 e. The van der Waals surface area contributed by atoms with Crippen LogP contribution in [-0.4, -0.2) is 30.4 Å². The highest BCUT2D eigenvalue weighted by molar-refractivity contribution is 14.0. The molecule has 0 bridgehead atoms. The van der Waals surface area contributed by atoms with Crippen LogP contribution in [0.4, 0.5) is 5.69 Å². The number of guanidine groups is 1. The van der Waals surface area contributed by atoms with Gasteiger partial charge in [0.15, 0.2) is 11.7 Å². The highest BCUT2D eigenvalue weighted by atomic mass is 127. The number of rotatable bonds is 7. The quantitative estimate of drug-likeness (QED) is 0.260. The number of aliphatic imine (C=N–C) groups is 1. The Labute approximate surface area is 187 Å². The van der Waals surface area contributed by atoms with E-state index >= 15 is 0 Å². The van der Waals surface area contributed by atoms with E-state index in [-0.39, 0.29) is 35.6 Å². The van der Waals surface area contributed by atoms with Gasteiger partial charge in [-0.1, -0.05) is 18.2 Å². The van der Waals surface area contributed by atoms with Gasteiger partial charge in [-0.2, -0.15) is 0 Å². The Hall–Kier alpha value is -2.88. The first-order valence-corrected chi connectivity index (χ1v) is 9.03. The number of halogens is 1. The molecule has 3 rings (SSSR count). The van der Waals surface area contributed by atoms with Crippen LogP contribution in [0.15, 0.2) is 76.5 Å². The number of hydrogen-bond donors (Lipinski definition) is 3. The van der Waals surface area contributed by atoms with Crippen molar-refractivity contribution in [2.45, 2.75) is 13.0 Å². The van der Waals surface area contributed by atoms with E-state index in [4.69, 9.17) is 4.42 Å². The Kier molecular flexibility index (Phi) is 9.16. The second-order valence-electron chi connectivity index (χ2n) is 6.06. The summed E-state index contributed by atoms with van der Waals surface area (Å²) in [7, 11) is 1.73. The number of carbonyl (C=O) groups is 1. The van der Waals surface area contributed by atoms with Crippen LogP contribution in [0.1, 0.15) is 21.8 Å². The molecule has 7 nitrogen and oxygen atoms in total. The smallest absolute Gasteiger partial charge is 0.291 e. The van der Waals surface area contributed by atoms with E-state index in [0.29, 0.717) is 18.2 Å². The molecule has 0 unspecified atom stereocenters. The molecule has 2 aromatic heterocycles. The van der Waals surface area contributed by atoms with Crippen molar-refractivity contribution in [1.82, 2.24) is 15.6 Å². The molecule has 0 aliphatic carbocycles. The molecule has 1 amide bonds. The molecule has 3 N–H and O–H groups in total. The Morgan fingerprint density at radius 1 is 1.10 bits per heavy atom. The average molecular weight is 505 g/mol. The molecule has 1 aromatic carbocycles. The highest BCUT2D eigenvalue weighted by Gasteiger charge is 2.09. The van der Waals surface area contributed by atoms with Crippen LogP contribution in [0, 0.1) is 0 Å². The normalized spacial score (nSPS) is 10.7. The van der Waals surface area contributed by atoms with Crippen LogP contribution in [0.2, 0.25) is 0 Å². The van der Waals surface area contributed by atoms with Crippen molar-refractivity contribution in [3.05, 3.63) is 84.1 Å². The number of nitrogens with one attached hydrogen (secondary N) is 3. The number of carbonyl (C=O) groups excluding carboxylic acids is 1. The predicted octanol–water partition coefficient (Wildman–Crippen LogP) is 3.45. The minimum atomic E-state index is -0.276. The van der Waals surface area contributed by atoms with Gasteiger partial charge < -0.3 is 20.4 Å². The number of hydrogen-bond acceptors (Lipinski definition) is 4. The van der Waals surface area contributed by atoms with Gasteiger partial charge in [0.1, 0.15) is 0 Å². The summed E-state index contributed by atoms with van der Waals surface area (Å²) in [5.74, 6) is 0.712. The van der Waals surface area contributed by atoms with E-state index in [9.17, 15) is 4.79 Å². The number of amides is 1. The number of nitrogens with zero attached hydrogens (tertiary/aromatic N) is 2. The lowest BCUT2D eigenvalue weighted by atomic mass is 10.2. The molecule has 152 valence electrons. The third kappa shape index (κ3) is 7.22. The van der Waals surface area contributed by atoms with Gasteiger partial charge >= 0.3 is 0 Å². The summed E-state index contributed by atoms with van der Waals surface area (Å²) in [6.45, 7) is 1.31. The molecule has 0 aliphatic heterocycles. The molecule has 8 heteroatoms. The summed E-state index contributed by atoms with van der Waals surface area (Å²) >= 11 is 0. The van der Waals surface area contributed by atoms with Gasteiger partial charge in [0.05, 0.1) is 6.26 Å². The fourth-order valence-electron chi connectivity index (χ4n) is 2.62. The summed E-state index contributed by atoms with van der Waals surface area (Å²) in [5, 5.41) is 9.36. The molecule has 0 saturated carbocycles. The maximum absolute atomic E-state index is 12.1. The number of furan rings is 1. The summed E-state index contributed by atoms with van der Waals surface area (Å²) in [5.41, 5.74) is 2.76. The molecule has 0 spiro atoms. The minimum absolute atomic E-state index is 0. The molecule has 0 fully saturated rings. The van der Waals surface area contributed by atoms with Crippen molar-refractivity contribution >= 4 is 41.5 Å². The summed E-state index contributed by atoms with van der Waals surface area (Å²) < 4.78 is 5.11. The largest absolute Gasteiger partial charge is 0.459 e. The van der Waals surface area contributed by atoms with Gasteiger partial charge in [-0.3, -0.25) is 14.8 Å². The zero-order valence-corrected chi connectivity index (χ0v) is 18.4. The molecule has 0 aliphatic rings. The molecule has 3 aromatic rings. The molecule has 0 radical (unpaired) electrons. The zero-order chi connectivity index (χ0) is 19.6. The monoisotopic (exact) mass is 505 g/mol. The van der Waals surface area contributed by atoms with Gasteiger partial charge in [0, 0.05) is 44.1 Å². The molecule has 2 heterocycles. The maximum Gasteiger partial charge on any atom is 0.291 e. The van der Waals surface area contributed by atoms with Crippen LogP contribution in [0.25, 0.3) is 0 Å². The Bertz CT molecular complexity index is 914.